The summed E-state index contributed by atoms with van der Waals surface area (Å²) >= 11 is 0. The fourth-order valence-electron chi connectivity index (χ4n) is 2.80. The molecule has 0 aliphatic carbocycles. The maximum absolute atomic E-state index is 11.6. The minimum atomic E-state index is -0.471. The third kappa shape index (κ3) is 10.2. The molecule has 1 rings (SSSR count). The number of ether oxygens (including phenoxy) is 1. The normalized spacial score (nSPS) is 18.9. The molecule has 1 amide bonds. The Hall–Kier alpha value is -1.50. The minimum absolute atomic E-state index is 0.391. The third-order valence-corrected chi connectivity index (χ3v) is 3.85. The first kappa shape index (κ1) is 21.5. The highest BCUT2D eigenvalue weighted by Crippen LogP contribution is 2.16. The van der Waals surface area contributed by atoms with Gasteiger partial charge in [-0.2, -0.15) is 0 Å². The summed E-state index contributed by atoms with van der Waals surface area (Å²) in [6.45, 7) is 16.1. The molecule has 1 unspecified atom stereocenters. The van der Waals surface area contributed by atoms with Crippen molar-refractivity contribution in [2.45, 2.75) is 53.1 Å². The molecule has 1 heterocycles. The van der Waals surface area contributed by atoms with E-state index in [-0.39, 0.29) is 0 Å². The Labute approximate surface area is 153 Å². The molecule has 3 N–H and O–H groups in total. The SMILES string of the molecule is CCCN1CCC(CN=C(NCC)NCCNC(=O)OC(C)(C)C)C1. The number of amides is 1. The molecule has 0 spiro atoms. The zero-order valence-corrected chi connectivity index (χ0v) is 16.7. The monoisotopic (exact) mass is 355 g/mol. The number of rotatable bonds is 8. The first-order valence-electron chi connectivity index (χ1n) is 9.55. The van der Waals surface area contributed by atoms with Gasteiger partial charge in [-0.1, -0.05) is 6.92 Å². The van der Waals surface area contributed by atoms with Crippen LogP contribution in [0.2, 0.25) is 0 Å². The van der Waals surface area contributed by atoms with Gasteiger partial charge in [0.15, 0.2) is 5.96 Å². The molecule has 0 aromatic rings. The molecule has 0 radical (unpaired) electrons. The summed E-state index contributed by atoms with van der Waals surface area (Å²) in [7, 11) is 0. The molecule has 0 aromatic heterocycles. The van der Waals surface area contributed by atoms with Crippen LogP contribution in [0.3, 0.4) is 0 Å². The number of carbonyl (C=O) groups is 1. The molecule has 1 aliphatic rings. The highest BCUT2D eigenvalue weighted by atomic mass is 16.6. The molecule has 0 aromatic carbocycles. The van der Waals surface area contributed by atoms with E-state index in [4.69, 9.17) is 4.74 Å². The second-order valence-corrected chi connectivity index (χ2v) is 7.53. The molecular formula is C18H37N5O2. The highest BCUT2D eigenvalue weighted by Gasteiger charge is 2.21. The summed E-state index contributed by atoms with van der Waals surface area (Å²) in [5.74, 6) is 1.45. The molecule has 1 atom stereocenters. The van der Waals surface area contributed by atoms with Crippen LogP contribution in [0, 0.1) is 5.92 Å². The van der Waals surface area contributed by atoms with E-state index in [0.29, 0.717) is 19.0 Å². The van der Waals surface area contributed by atoms with E-state index in [1.54, 1.807) is 0 Å². The van der Waals surface area contributed by atoms with Crippen molar-refractivity contribution in [2.24, 2.45) is 10.9 Å². The lowest BCUT2D eigenvalue weighted by Gasteiger charge is -2.20. The Morgan fingerprint density at radius 1 is 1.20 bits per heavy atom. The molecule has 7 nitrogen and oxygen atoms in total. The zero-order valence-electron chi connectivity index (χ0n) is 16.7. The average molecular weight is 356 g/mol. The fraction of sp³-hybridized carbons (Fsp3) is 0.889. The lowest BCUT2D eigenvalue weighted by molar-refractivity contribution is 0.0529. The summed E-state index contributed by atoms with van der Waals surface area (Å²) in [6, 6.07) is 0. The maximum atomic E-state index is 11.6. The van der Waals surface area contributed by atoms with Crippen LogP contribution in [0.5, 0.6) is 0 Å². The first-order valence-corrected chi connectivity index (χ1v) is 9.55. The van der Waals surface area contributed by atoms with Gasteiger partial charge in [-0.15, -0.1) is 0 Å². The van der Waals surface area contributed by atoms with E-state index < -0.39 is 11.7 Å². The van der Waals surface area contributed by atoms with Gasteiger partial charge >= 0.3 is 6.09 Å². The number of carbonyl (C=O) groups excluding carboxylic acids is 1. The molecule has 1 aliphatic heterocycles. The van der Waals surface area contributed by atoms with E-state index in [9.17, 15) is 4.79 Å². The number of aliphatic imine (C=N–C) groups is 1. The van der Waals surface area contributed by atoms with E-state index in [2.05, 4.69) is 39.7 Å². The van der Waals surface area contributed by atoms with Crippen molar-refractivity contribution < 1.29 is 9.53 Å². The molecular weight excluding hydrogens is 318 g/mol. The van der Waals surface area contributed by atoms with Crippen LogP contribution in [0.1, 0.15) is 47.5 Å². The van der Waals surface area contributed by atoms with Gasteiger partial charge in [0, 0.05) is 32.7 Å². The Kier molecular flexibility index (Phi) is 9.63. The molecule has 25 heavy (non-hydrogen) atoms. The van der Waals surface area contributed by atoms with Gasteiger partial charge in [0.05, 0.1) is 0 Å². The van der Waals surface area contributed by atoms with Gasteiger partial charge in [0.25, 0.3) is 0 Å². The van der Waals surface area contributed by atoms with Crippen LogP contribution in [0.15, 0.2) is 4.99 Å². The zero-order chi connectivity index (χ0) is 18.7. The van der Waals surface area contributed by atoms with Gasteiger partial charge < -0.3 is 25.6 Å². The fourth-order valence-corrected chi connectivity index (χ4v) is 2.80. The van der Waals surface area contributed by atoms with Gasteiger partial charge in [-0.25, -0.2) is 4.79 Å². The summed E-state index contributed by atoms with van der Waals surface area (Å²) in [5, 5.41) is 9.25. The first-order chi connectivity index (χ1) is 11.8. The molecule has 0 saturated carbocycles. The highest BCUT2D eigenvalue weighted by molar-refractivity contribution is 5.79. The van der Waals surface area contributed by atoms with Gasteiger partial charge in [-0.05, 0) is 59.5 Å². The maximum Gasteiger partial charge on any atom is 0.407 e. The van der Waals surface area contributed by atoms with Crippen molar-refractivity contribution in [3.63, 3.8) is 0 Å². The predicted molar refractivity (Wildman–Crippen MR) is 103 cm³/mol. The molecule has 7 heteroatoms. The van der Waals surface area contributed by atoms with Crippen LogP contribution < -0.4 is 16.0 Å². The van der Waals surface area contributed by atoms with E-state index >= 15 is 0 Å². The lowest BCUT2D eigenvalue weighted by atomic mass is 10.1. The van der Waals surface area contributed by atoms with E-state index in [1.165, 1.54) is 25.9 Å². The van der Waals surface area contributed by atoms with Crippen LogP contribution in [-0.2, 0) is 4.74 Å². The smallest absolute Gasteiger partial charge is 0.407 e. The number of hydrogen-bond donors (Lipinski definition) is 3. The second-order valence-electron chi connectivity index (χ2n) is 7.53. The summed E-state index contributed by atoms with van der Waals surface area (Å²) in [6.07, 6.45) is 2.05. The van der Waals surface area contributed by atoms with Crippen LogP contribution in [-0.4, -0.2) is 68.4 Å². The number of alkyl carbamates (subject to hydrolysis) is 1. The van der Waals surface area contributed by atoms with E-state index in [1.807, 2.05) is 20.8 Å². The Balaban J connectivity index is 2.28. The third-order valence-electron chi connectivity index (χ3n) is 3.85. The average Bonchev–Trinajstić information content (AvgIpc) is 2.95. The van der Waals surface area contributed by atoms with Crippen LogP contribution in [0.4, 0.5) is 4.79 Å². The summed E-state index contributed by atoms with van der Waals surface area (Å²) in [4.78, 5) is 18.8. The summed E-state index contributed by atoms with van der Waals surface area (Å²) < 4.78 is 5.21. The minimum Gasteiger partial charge on any atom is -0.444 e. The number of hydrogen-bond acceptors (Lipinski definition) is 4. The van der Waals surface area contributed by atoms with Crippen molar-refractivity contribution in [3.05, 3.63) is 0 Å². The molecule has 1 fully saturated rings. The molecule has 146 valence electrons. The Morgan fingerprint density at radius 2 is 1.92 bits per heavy atom. The lowest BCUT2D eigenvalue weighted by Crippen LogP contribution is -2.42. The largest absolute Gasteiger partial charge is 0.444 e. The van der Waals surface area contributed by atoms with Crippen LogP contribution in [0.25, 0.3) is 0 Å². The molecule has 0 bridgehead atoms. The van der Waals surface area contributed by atoms with Gasteiger partial charge in [0.1, 0.15) is 5.60 Å². The number of likely N-dealkylation sites (tertiary alicyclic amines) is 1. The Bertz CT molecular complexity index is 420. The number of nitrogens with one attached hydrogen (secondary N) is 3. The van der Waals surface area contributed by atoms with Gasteiger partial charge in [0.2, 0.25) is 0 Å². The summed E-state index contributed by atoms with van der Waals surface area (Å²) in [5.41, 5.74) is -0.471. The second kappa shape index (κ2) is 11.2. The molecule has 1 saturated heterocycles. The van der Waals surface area contributed by atoms with E-state index in [0.717, 1.165) is 25.6 Å². The van der Waals surface area contributed by atoms with Gasteiger partial charge in [-0.3, -0.25) is 4.99 Å². The van der Waals surface area contributed by atoms with Crippen molar-refractivity contribution in [2.75, 3.05) is 45.8 Å². The van der Waals surface area contributed by atoms with Crippen molar-refractivity contribution >= 4 is 12.1 Å². The quantitative estimate of drug-likeness (QED) is 0.352. The number of guanidine groups is 1. The number of nitrogens with zero attached hydrogens (tertiary/aromatic N) is 2. The Morgan fingerprint density at radius 3 is 2.56 bits per heavy atom. The topological polar surface area (TPSA) is 78.0 Å². The standard InChI is InChI=1S/C18H37N5O2/c1-6-11-23-12-8-15(14-23)13-22-16(19-7-2)20-9-10-21-17(24)25-18(3,4)5/h15H,6-14H2,1-5H3,(H,21,24)(H2,19,20,22). The predicted octanol–water partition coefficient (Wildman–Crippen LogP) is 1.80. The van der Waals surface area contributed by atoms with Crippen molar-refractivity contribution in [1.29, 1.82) is 0 Å². The van der Waals surface area contributed by atoms with Crippen molar-refractivity contribution in [1.82, 2.24) is 20.9 Å². The van der Waals surface area contributed by atoms with Crippen molar-refractivity contribution in [3.8, 4) is 0 Å². The van der Waals surface area contributed by atoms with Crippen LogP contribution >= 0.6 is 0 Å².